The maximum Gasteiger partial charge on any atom is 0.427 e. The van der Waals surface area contributed by atoms with Crippen molar-refractivity contribution in [2.45, 2.75) is 98.6 Å². The second kappa shape index (κ2) is 12.1. The lowest BCUT2D eigenvalue weighted by Crippen LogP contribution is -2.44. The van der Waals surface area contributed by atoms with Crippen molar-refractivity contribution < 1.29 is 37.4 Å². The molecule has 222 valence electrons. The molecule has 0 spiro atoms. The molecule has 0 saturated heterocycles. The maximum absolute atomic E-state index is 13.2. The highest BCUT2D eigenvalue weighted by Crippen LogP contribution is 2.37. The molecule has 2 aromatic rings. The van der Waals surface area contributed by atoms with Gasteiger partial charge < -0.3 is 23.1 Å². The number of pyridine rings is 1. The number of amides is 2. The summed E-state index contributed by atoms with van der Waals surface area (Å²) in [6, 6.07) is 1.65. The molecule has 0 unspecified atom stereocenters. The molecule has 0 aromatic carbocycles. The number of carbonyl (C=O) groups excluding carboxylic acids is 3. The van der Waals surface area contributed by atoms with Gasteiger partial charge in [0.05, 0.1) is 13.2 Å². The van der Waals surface area contributed by atoms with E-state index in [9.17, 15) is 14.4 Å². The first-order valence-electron chi connectivity index (χ1n) is 13.3. The van der Waals surface area contributed by atoms with Crippen LogP contribution in [0.2, 0.25) is 18.1 Å². The van der Waals surface area contributed by atoms with Gasteiger partial charge >= 0.3 is 18.2 Å². The Morgan fingerprint density at radius 1 is 0.975 bits per heavy atom. The van der Waals surface area contributed by atoms with E-state index in [1.54, 1.807) is 60.7 Å². The van der Waals surface area contributed by atoms with E-state index >= 15 is 0 Å². The molecule has 2 heterocycles. The summed E-state index contributed by atoms with van der Waals surface area (Å²) < 4.78 is 28.3. The first-order chi connectivity index (χ1) is 18.2. The number of furan rings is 1. The minimum atomic E-state index is -1.91. The number of fused-ring (bicyclic) bond motifs is 1. The van der Waals surface area contributed by atoms with Gasteiger partial charge in [0.15, 0.2) is 19.5 Å². The number of aromatic nitrogens is 1. The predicted molar refractivity (Wildman–Crippen MR) is 157 cm³/mol. The Labute approximate surface area is 238 Å². The normalized spacial score (nSPS) is 13.0. The Morgan fingerprint density at radius 2 is 1.52 bits per heavy atom. The fourth-order valence-electron chi connectivity index (χ4n) is 3.13. The van der Waals surface area contributed by atoms with Crippen LogP contribution in [-0.4, -0.2) is 55.9 Å². The lowest BCUT2D eigenvalue weighted by molar-refractivity contribution is 0.0422. The molecule has 0 radical (unpaired) electrons. The molecule has 0 aliphatic carbocycles. The zero-order valence-corrected chi connectivity index (χ0v) is 26.9. The number of imide groups is 1. The molecule has 0 atom stereocenters. The van der Waals surface area contributed by atoms with Crippen molar-refractivity contribution in [3.63, 3.8) is 0 Å². The summed E-state index contributed by atoms with van der Waals surface area (Å²) in [5.41, 5.74) is -1.12. The van der Waals surface area contributed by atoms with E-state index in [1.165, 1.54) is 0 Å². The van der Waals surface area contributed by atoms with Crippen molar-refractivity contribution in [3.8, 4) is 0 Å². The fraction of sp³-hybridized carbons (Fsp3) is 0.586. The van der Waals surface area contributed by atoms with Gasteiger partial charge in [0.25, 0.3) is 0 Å². The molecule has 2 amide bonds. The fourth-order valence-corrected chi connectivity index (χ4v) is 4.08. The topological polar surface area (TPSA) is 117 Å². The van der Waals surface area contributed by atoms with Crippen LogP contribution in [0.5, 0.6) is 0 Å². The maximum atomic E-state index is 13.2. The monoisotopic (exact) mass is 576 g/mol. The second-order valence-electron chi connectivity index (χ2n) is 12.9. The summed E-state index contributed by atoms with van der Waals surface area (Å²) in [6.07, 6.45) is 3.11. The predicted octanol–water partition coefficient (Wildman–Crippen LogP) is 7.72. The van der Waals surface area contributed by atoms with Crippen LogP contribution in [0.25, 0.3) is 17.2 Å². The highest BCUT2D eigenvalue weighted by atomic mass is 28.4. The number of ether oxygens (including phenoxy) is 3. The Balaban J connectivity index is 2.58. The van der Waals surface area contributed by atoms with E-state index in [0.29, 0.717) is 17.1 Å². The Hall–Kier alpha value is -3.18. The largest absolute Gasteiger partial charge is 0.462 e. The van der Waals surface area contributed by atoms with Crippen molar-refractivity contribution >= 4 is 49.5 Å². The van der Waals surface area contributed by atoms with Crippen molar-refractivity contribution in [1.29, 1.82) is 0 Å². The molecular weight excluding hydrogens is 532 g/mol. The van der Waals surface area contributed by atoms with Gasteiger partial charge in [-0.15, -0.1) is 4.90 Å². The van der Waals surface area contributed by atoms with Crippen LogP contribution < -0.4 is 4.90 Å². The molecule has 0 fully saturated rings. The molecule has 40 heavy (non-hydrogen) atoms. The molecular formula is C29H44N2O8Si. The van der Waals surface area contributed by atoms with Crippen LogP contribution in [0.3, 0.4) is 0 Å². The van der Waals surface area contributed by atoms with Gasteiger partial charge in [-0.25, -0.2) is 14.4 Å². The minimum absolute atomic E-state index is 0.0544. The van der Waals surface area contributed by atoms with E-state index in [4.69, 9.17) is 23.1 Å². The van der Waals surface area contributed by atoms with Crippen molar-refractivity contribution in [1.82, 2.24) is 4.98 Å². The van der Waals surface area contributed by atoms with Crippen LogP contribution in [0, 0.1) is 0 Å². The number of rotatable bonds is 7. The van der Waals surface area contributed by atoms with Gasteiger partial charge in [0, 0.05) is 6.20 Å². The number of nitrogens with zero attached hydrogens (tertiary/aromatic N) is 2. The number of hydrogen-bond donors (Lipinski definition) is 0. The van der Waals surface area contributed by atoms with Crippen LogP contribution in [0.15, 0.2) is 22.8 Å². The molecule has 0 N–H and O–H groups in total. The highest BCUT2D eigenvalue weighted by Gasteiger charge is 2.40. The molecule has 11 heteroatoms. The van der Waals surface area contributed by atoms with Crippen LogP contribution in [0.1, 0.15) is 85.2 Å². The van der Waals surface area contributed by atoms with Crippen LogP contribution in [0.4, 0.5) is 15.5 Å². The smallest absolute Gasteiger partial charge is 0.427 e. The highest BCUT2D eigenvalue weighted by molar-refractivity contribution is 6.74. The number of anilines is 1. The SMILES string of the molecule is CCOC(=O)c1c(N(C(=O)OC(C)(C)C)C(=O)OC(C)(C)C)oc2cc(C=CCO[Si](C)(C)C(C)(C)C)cnc12. The van der Waals surface area contributed by atoms with E-state index in [-0.39, 0.29) is 28.3 Å². The standard InChI is InChI=1S/C29H44N2O8Si/c1-13-35-24(32)21-22-20(17-19(18-30-22)15-14-16-36-40(11,12)29(8,9)10)37-23(21)31(25(33)38-27(2,3)4)26(34)39-28(5,6)7/h14-15,17-18H,13,16H2,1-12H3. The van der Waals surface area contributed by atoms with Gasteiger partial charge in [-0.2, -0.15) is 0 Å². The third kappa shape index (κ3) is 8.66. The van der Waals surface area contributed by atoms with Crippen LogP contribution in [-0.2, 0) is 18.6 Å². The summed E-state index contributed by atoms with van der Waals surface area (Å²) in [6.45, 7) is 22.9. The molecule has 0 aliphatic rings. The lowest BCUT2D eigenvalue weighted by Gasteiger charge is -2.35. The van der Waals surface area contributed by atoms with E-state index in [2.05, 4.69) is 38.8 Å². The summed E-state index contributed by atoms with van der Waals surface area (Å²) in [5, 5.41) is 0.0868. The summed E-state index contributed by atoms with van der Waals surface area (Å²) in [4.78, 5) is 44.5. The first kappa shape index (κ1) is 33.0. The molecule has 0 saturated carbocycles. The number of carbonyl (C=O) groups is 3. The Morgan fingerprint density at radius 3 is 2.00 bits per heavy atom. The Kier molecular flexibility index (Phi) is 10.0. The third-order valence-corrected chi connectivity index (χ3v) is 10.5. The summed E-state index contributed by atoms with van der Waals surface area (Å²) >= 11 is 0. The van der Waals surface area contributed by atoms with Crippen molar-refractivity contribution in [2.75, 3.05) is 18.1 Å². The molecule has 2 aromatic heterocycles. The van der Waals surface area contributed by atoms with E-state index in [1.807, 2.05) is 12.2 Å². The average Bonchev–Trinajstić information content (AvgIpc) is 3.11. The van der Waals surface area contributed by atoms with Crippen molar-refractivity contribution in [3.05, 3.63) is 29.5 Å². The zero-order chi connectivity index (χ0) is 30.7. The van der Waals surface area contributed by atoms with Gasteiger partial charge in [-0.3, -0.25) is 4.98 Å². The third-order valence-electron chi connectivity index (χ3n) is 6.02. The number of esters is 1. The van der Waals surface area contributed by atoms with E-state index < -0.39 is 43.6 Å². The van der Waals surface area contributed by atoms with Crippen molar-refractivity contribution in [2.24, 2.45) is 0 Å². The Bertz CT molecular complexity index is 1230. The number of hydrogen-bond acceptors (Lipinski definition) is 9. The van der Waals surface area contributed by atoms with Gasteiger partial charge in [-0.1, -0.05) is 32.9 Å². The quantitative estimate of drug-likeness (QED) is 0.185. The molecule has 2 rings (SSSR count). The van der Waals surface area contributed by atoms with E-state index in [0.717, 1.165) is 0 Å². The summed E-state index contributed by atoms with van der Waals surface area (Å²) in [7, 11) is -1.91. The lowest BCUT2D eigenvalue weighted by atomic mass is 10.2. The second-order valence-corrected chi connectivity index (χ2v) is 17.7. The average molecular weight is 577 g/mol. The first-order valence-corrected chi connectivity index (χ1v) is 16.2. The zero-order valence-electron chi connectivity index (χ0n) is 25.9. The van der Waals surface area contributed by atoms with Gasteiger partial charge in [0.1, 0.15) is 16.7 Å². The van der Waals surface area contributed by atoms with Gasteiger partial charge in [-0.05, 0) is 78.2 Å². The van der Waals surface area contributed by atoms with Crippen LogP contribution >= 0.6 is 0 Å². The van der Waals surface area contributed by atoms with Gasteiger partial charge in [0.2, 0.25) is 5.88 Å². The molecule has 0 bridgehead atoms. The minimum Gasteiger partial charge on any atom is -0.462 e. The molecule has 10 nitrogen and oxygen atoms in total. The summed E-state index contributed by atoms with van der Waals surface area (Å²) in [5.74, 6) is -1.21. The molecule has 0 aliphatic heterocycles.